The average Bonchev–Trinajstić information content (AvgIpc) is 3.16. The standard InChI is InChI=1S/C13H16N2O2/c16-13(9-1-2-9)15-11-3-4-12-10(7-11)8-14-5-6-17-12/h3-4,7,9,14H,1-2,5-6,8H2,(H,15,16). The van der Waals surface area contributed by atoms with E-state index in [9.17, 15) is 4.79 Å². The highest BCUT2D eigenvalue weighted by Gasteiger charge is 2.29. The van der Waals surface area contributed by atoms with Crippen molar-refractivity contribution in [1.29, 1.82) is 0 Å². The van der Waals surface area contributed by atoms with Crippen LogP contribution in [0.2, 0.25) is 0 Å². The van der Waals surface area contributed by atoms with Gasteiger partial charge >= 0.3 is 0 Å². The van der Waals surface area contributed by atoms with Gasteiger partial charge in [-0.1, -0.05) is 0 Å². The summed E-state index contributed by atoms with van der Waals surface area (Å²) in [6.45, 7) is 2.35. The number of fused-ring (bicyclic) bond motifs is 1. The van der Waals surface area contributed by atoms with E-state index in [0.29, 0.717) is 6.61 Å². The number of carbonyl (C=O) groups is 1. The first-order valence-electron chi connectivity index (χ1n) is 6.10. The molecule has 0 aromatic heterocycles. The van der Waals surface area contributed by atoms with Crippen molar-refractivity contribution in [3.05, 3.63) is 23.8 Å². The highest BCUT2D eigenvalue weighted by Crippen LogP contribution is 2.31. The summed E-state index contributed by atoms with van der Waals surface area (Å²) in [6, 6.07) is 5.84. The zero-order chi connectivity index (χ0) is 11.7. The number of hydrogen-bond acceptors (Lipinski definition) is 3. The predicted octanol–water partition coefficient (Wildman–Crippen LogP) is 1.52. The van der Waals surface area contributed by atoms with Gasteiger partial charge in [0.2, 0.25) is 5.91 Å². The molecule has 0 spiro atoms. The van der Waals surface area contributed by atoms with Gasteiger partial charge in [0.15, 0.2) is 0 Å². The number of amides is 1. The molecule has 1 aliphatic heterocycles. The lowest BCUT2D eigenvalue weighted by atomic mass is 10.1. The van der Waals surface area contributed by atoms with Gasteiger partial charge in [0.05, 0.1) is 0 Å². The summed E-state index contributed by atoms with van der Waals surface area (Å²) < 4.78 is 5.59. The zero-order valence-electron chi connectivity index (χ0n) is 9.66. The van der Waals surface area contributed by atoms with Crippen LogP contribution < -0.4 is 15.4 Å². The van der Waals surface area contributed by atoms with Crippen LogP contribution >= 0.6 is 0 Å². The highest BCUT2D eigenvalue weighted by molar-refractivity contribution is 5.94. The number of nitrogens with one attached hydrogen (secondary N) is 2. The van der Waals surface area contributed by atoms with Gasteiger partial charge in [-0.2, -0.15) is 0 Å². The molecule has 2 N–H and O–H groups in total. The van der Waals surface area contributed by atoms with Crippen LogP contribution in [0.4, 0.5) is 5.69 Å². The lowest BCUT2D eigenvalue weighted by molar-refractivity contribution is -0.117. The van der Waals surface area contributed by atoms with Gasteiger partial charge in [-0.05, 0) is 31.0 Å². The monoisotopic (exact) mass is 232 g/mol. The Bertz CT molecular complexity index is 441. The van der Waals surface area contributed by atoms with Gasteiger partial charge in [0.1, 0.15) is 12.4 Å². The average molecular weight is 232 g/mol. The van der Waals surface area contributed by atoms with Crippen molar-refractivity contribution in [1.82, 2.24) is 5.32 Å². The molecule has 2 aliphatic rings. The Morgan fingerprint density at radius 1 is 1.41 bits per heavy atom. The minimum atomic E-state index is 0.146. The Balaban J connectivity index is 1.76. The van der Waals surface area contributed by atoms with Crippen LogP contribution in [0.5, 0.6) is 5.75 Å². The second-order valence-corrected chi connectivity index (χ2v) is 4.61. The van der Waals surface area contributed by atoms with Gasteiger partial charge in [0, 0.05) is 30.3 Å². The van der Waals surface area contributed by atoms with Crippen LogP contribution in [0.15, 0.2) is 18.2 Å². The normalized spacial score (nSPS) is 18.8. The molecule has 0 saturated heterocycles. The summed E-state index contributed by atoms with van der Waals surface area (Å²) in [4.78, 5) is 11.7. The number of carbonyl (C=O) groups excluding carboxylic acids is 1. The molecule has 0 unspecified atom stereocenters. The Kier molecular flexibility index (Phi) is 2.73. The molecule has 4 nitrogen and oxygen atoms in total. The van der Waals surface area contributed by atoms with E-state index in [4.69, 9.17) is 4.74 Å². The van der Waals surface area contributed by atoms with Gasteiger partial charge in [0.25, 0.3) is 0 Å². The van der Waals surface area contributed by atoms with E-state index in [-0.39, 0.29) is 11.8 Å². The van der Waals surface area contributed by atoms with Crippen LogP contribution in [0.1, 0.15) is 18.4 Å². The smallest absolute Gasteiger partial charge is 0.227 e. The van der Waals surface area contributed by atoms with Crippen LogP contribution in [0.25, 0.3) is 0 Å². The lowest BCUT2D eigenvalue weighted by Crippen LogP contribution is -2.16. The second-order valence-electron chi connectivity index (χ2n) is 4.61. The maximum Gasteiger partial charge on any atom is 0.227 e. The molecule has 1 aromatic carbocycles. The molecule has 0 radical (unpaired) electrons. The van der Waals surface area contributed by atoms with Crippen molar-refractivity contribution < 1.29 is 9.53 Å². The van der Waals surface area contributed by atoms with Crippen molar-refractivity contribution in [2.45, 2.75) is 19.4 Å². The third-order valence-electron chi connectivity index (χ3n) is 3.13. The Hall–Kier alpha value is -1.55. The minimum absolute atomic E-state index is 0.146. The summed E-state index contributed by atoms with van der Waals surface area (Å²) >= 11 is 0. The van der Waals surface area contributed by atoms with Crippen molar-refractivity contribution >= 4 is 11.6 Å². The highest BCUT2D eigenvalue weighted by atomic mass is 16.5. The minimum Gasteiger partial charge on any atom is -0.492 e. The predicted molar refractivity (Wildman–Crippen MR) is 65.0 cm³/mol. The molecular formula is C13H16N2O2. The fourth-order valence-corrected chi connectivity index (χ4v) is 1.98. The second kappa shape index (κ2) is 4.37. The fraction of sp³-hybridized carbons (Fsp3) is 0.462. The molecule has 0 atom stereocenters. The van der Waals surface area contributed by atoms with Crippen molar-refractivity contribution in [2.75, 3.05) is 18.5 Å². The van der Waals surface area contributed by atoms with Crippen molar-refractivity contribution in [3.63, 3.8) is 0 Å². The summed E-state index contributed by atoms with van der Waals surface area (Å²) in [6.07, 6.45) is 2.06. The topological polar surface area (TPSA) is 50.4 Å². The largest absolute Gasteiger partial charge is 0.492 e. The molecule has 1 aromatic rings. The fourth-order valence-electron chi connectivity index (χ4n) is 1.98. The van der Waals surface area contributed by atoms with Crippen LogP contribution in [0.3, 0.4) is 0 Å². The molecule has 1 amide bonds. The first-order valence-corrected chi connectivity index (χ1v) is 6.10. The van der Waals surface area contributed by atoms with E-state index in [1.54, 1.807) is 0 Å². The molecule has 1 heterocycles. The van der Waals surface area contributed by atoms with Gasteiger partial charge in [-0.25, -0.2) is 0 Å². The number of rotatable bonds is 2. The van der Waals surface area contributed by atoms with Crippen molar-refractivity contribution in [2.24, 2.45) is 5.92 Å². The van der Waals surface area contributed by atoms with Crippen LogP contribution in [-0.4, -0.2) is 19.1 Å². The van der Waals surface area contributed by atoms with E-state index in [1.165, 1.54) is 0 Å². The summed E-state index contributed by atoms with van der Waals surface area (Å²) in [5.41, 5.74) is 1.98. The van der Waals surface area contributed by atoms with E-state index in [0.717, 1.165) is 42.9 Å². The summed E-state index contributed by atoms with van der Waals surface area (Å²) in [5.74, 6) is 1.30. The molecule has 17 heavy (non-hydrogen) atoms. The maximum absolute atomic E-state index is 11.7. The quantitative estimate of drug-likeness (QED) is 0.812. The number of benzene rings is 1. The van der Waals surface area contributed by atoms with Crippen molar-refractivity contribution in [3.8, 4) is 5.75 Å². The summed E-state index contributed by atoms with van der Waals surface area (Å²) in [7, 11) is 0. The molecular weight excluding hydrogens is 216 g/mol. The van der Waals surface area contributed by atoms with Gasteiger partial charge < -0.3 is 15.4 Å². The third kappa shape index (κ3) is 2.42. The van der Waals surface area contributed by atoms with Gasteiger partial charge in [-0.15, -0.1) is 0 Å². The Labute approximate surface area is 100 Å². The molecule has 0 bridgehead atoms. The van der Waals surface area contributed by atoms with E-state index >= 15 is 0 Å². The molecule has 1 saturated carbocycles. The molecule has 1 fully saturated rings. The molecule has 3 rings (SSSR count). The molecule has 90 valence electrons. The third-order valence-corrected chi connectivity index (χ3v) is 3.13. The van der Waals surface area contributed by atoms with E-state index in [2.05, 4.69) is 10.6 Å². The van der Waals surface area contributed by atoms with E-state index in [1.807, 2.05) is 18.2 Å². The molecule has 4 heteroatoms. The SMILES string of the molecule is O=C(Nc1ccc2c(c1)CNCCO2)C1CC1. The lowest BCUT2D eigenvalue weighted by Gasteiger charge is -2.09. The first-order chi connectivity index (χ1) is 8.33. The number of hydrogen-bond donors (Lipinski definition) is 2. The van der Waals surface area contributed by atoms with E-state index < -0.39 is 0 Å². The number of anilines is 1. The summed E-state index contributed by atoms with van der Waals surface area (Å²) in [5, 5.41) is 6.23. The first kappa shape index (κ1) is 10.6. The Morgan fingerprint density at radius 2 is 2.29 bits per heavy atom. The molecule has 1 aliphatic carbocycles. The van der Waals surface area contributed by atoms with Crippen LogP contribution in [-0.2, 0) is 11.3 Å². The van der Waals surface area contributed by atoms with Gasteiger partial charge in [-0.3, -0.25) is 4.79 Å². The zero-order valence-corrected chi connectivity index (χ0v) is 9.66. The Morgan fingerprint density at radius 3 is 3.12 bits per heavy atom. The maximum atomic E-state index is 11.7. The van der Waals surface area contributed by atoms with Crippen LogP contribution in [0, 0.1) is 5.92 Å². The number of ether oxygens (including phenoxy) is 1.